The van der Waals surface area contributed by atoms with Crippen LogP contribution in [-0.4, -0.2) is 27.6 Å². The third kappa shape index (κ3) is 3.25. The zero-order valence-electron chi connectivity index (χ0n) is 8.96. The van der Waals surface area contributed by atoms with E-state index in [-0.39, 0.29) is 5.69 Å². The van der Waals surface area contributed by atoms with Crippen LogP contribution in [0.2, 0.25) is 0 Å². The van der Waals surface area contributed by atoms with Crippen molar-refractivity contribution in [2.75, 3.05) is 11.9 Å². The third-order valence-electron chi connectivity index (χ3n) is 2.10. The van der Waals surface area contributed by atoms with Gasteiger partial charge in [-0.15, -0.1) is 11.3 Å². The summed E-state index contributed by atoms with van der Waals surface area (Å²) in [6, 6.07) is 4.88. The fraction of sp³-hybridized carbons (Fsp3) is 0.182. The predicted octanol–water partition coefficient (Wildman–Crippen LogP) is 1.89. The fourth-order valence-electron chi connectivity index (χ4n) is 1.33. The number of aromatic nitrogens is 2. The van der Waals surface area contributed by atoms with Gasteiger partial charge in [-0.3, -0.25) is 0 Å². The second-order valence-electron chi connectivity index (χ2n) is 3.32. The van der Waals surface area contributed by atoms with Crippen molar-refractivity contribution in [1.82, 2.24) is 9.97 Å². The zero-order valence-corrected chi connectivity index (χ0v) is 9.78. The number of thiazole rings is 1. The summed E-state index contributed by atoms with van der Waals surface area (Å²) in [6.45, 7) is 0.684. The van der Waals surface area contributed by atoms with Crippen molar-refractivity contribution in [3.8, 4) is 0 Å². The Balaban J connectivity index is 1.90. The quantitative estimate of drug-likeness (QED) is 0.846. The Morgan fingerprint density at radius 1 is 1.47 bits per heavy atom. The standard InChI is InChI=1S/C11H11N3O2S/c15-11(16)8-2-1-3-9(14-8)12-5-4-10-13-6-7-17-10/h1-3,6-7H,4-5H2,(H,12,14)(H,15,16). The Labute approximate surface area is 102 Å². The number of carboxylic acids is 1. The first-order valence-electron chi connectivity index (χ1n) is 5.08. The topological polar surface area (TPSA) is 75.1 Å². The van der Waals surface area contributed by atoms with Crippen LogP contribution >= 0.6 is 11.3 Å². The van der Waals surface area contributed by atoms with Gasteiger partial charge in [0.25, 0.3) is 0 Å². The lowest BCUT2D eigenvalue weighted by Crippen LogP contribution is -2.08. The number of carbonyl (C=O) groups is 1. The molecule has 2 rings (SSSR count). The maximum atomic E-state index is 10.7. The summed E-state index contributed by atoms with van der Waals surface area (Å²) in [5, 5.41) is 14.8. The van der Waals surface area contributed by atoms with Crippen LogP contribution in [0.4, 0.5) is 5.82 Å². The first-order chi connectivity index (χ1) is 8.25. The predicted molar refractivity (Wildman–Crippen MR) is 65.5 cm³/mol. The highest BCUT2D eigenvalue weighted by molar-refractivity contribution is 7.09. The molecule has 2 aromatic rings. The average molecular weight is 249 g/mol. The second kappa shape index (κ2) is 5.40. The molecular formula is C11H11N3O2S. The number of pyridine rings is 1. The van der Waals surface area contributed by atoms with Crippen molar-refractivity contribution in [3.05, 3.63) is 40.5 Å². The van der Waals surface area contributed by atoms with Crippen molar-refractivity contribution < 1.29 is 9.90 Å². The number of nitrogens with zero attached hydrogens (tertiary/aromatic N) is 2. The summed E-state index contributed by atoms with van der Waals surface area (Å²) in [5.74, 6) is -0.449. The Kier molecular flexibility index (Phi) is 3.66. The molecule has 0 atom stereocenters. The molecule has 0 spiro atoms. The number of rotatable bonds is 5. The van der Waals surface area contributed by atoms with Gasteiger partial charge in [-0.25, -0.2) is 14.8 Å². The van der Waals surface area contributed by atoms with E-state index in [9.17, 15) is 4.79 Å². The second-order valence-corrected chi connectivity index (χ2v) is 4.29. The summed E-state index contributed by atoms with van der Waals surface area (Å²) >= 11 is 1.60. The maximum absolute atomic E-state index is 10.7. The summed E-state index contributed by atoms with van der Waals surface area (Å²) in [4.78, 5) is 18.8. The van der Waals surface area contributed by atoms with Gasteiger partial charge in [0, 0.05) is 24.5 Å². The first kappa shape index (κ1) is 11.5. The minimum atomic E-state index is -1.02. The number of nitrogens with one attached hydrogen (secondary N) is 1. The first-order valence-corrected chi connectivity index (χ1v) is 5.96. The fourth-order valence-corrected chi connectivity index (χ4v) is 1.95. The number of anilines is 1. The molecule has 0 aliphatic heterocycles. The SMILES string of the molecule is O=C(O)c1cccc(NCCc2nccs2)n1. The molecule has 0 aliphatic rings. The molecule has 2 aromatic heterocycles. The number of hydrogen-bond donors (Lipinski definition) is 2. The molecule has 0 aromatic carbocycles. The molecular weight excluding hydrogens is 238 g/mol. The van der Waals surface area contributed by atoms with E-state index in [1.807, 2.05) is 5.38 Å². The molecule has 0 saturated heterocycles. The normalized spacial score (nSPS) is 10.1. The molecule has 2 N–H and O–H groups in total. The molecule has 0 radical (unpaired) electrons. The molecule has 17 heavy (non-hydrogen) atoms. The minimum Gasteiger partial charge on any atom is -0.477 e. The molecule has 0 amide bonds. The molecule has 0 unspecified atom stereocenters. The van der Waals surface area contributed by atoms with Gasteiger partial charge in [0.15, 0.2) is 5.69 Å². The van der Waals surface area contributed by atoms with E-state index in [4.69, 9.17) is 5.11 Å². The van der Waals surface area contributed by atoms with Crippen molar-refractivity contribution in [2.24, 2.45) is 0 Å². The summed E-state index contributed by atoms with van der Waals surface area (Å²) in [7, 11) is 0. The van der Waals surface area contributed by atoms with Crippen molar-refractivity contribution in [2.45, 2.75) is 6.42 Å². The van der Waals surface area contributed by atoms with Crippen molar-refractivity contribution in [3.63, 3.8) is 0 Å². The van der Waals surface area contributed by atoms with Gasteiger partial charge in [-0.05, 0) is 12.1 Å². The van der Waals surface area contributed by atoms with E-state index in [2.05, 4.69) is 15.3 Å². The van der Waals surface area contributed by atoms with Crippen LogP contribution in [0.1, 0.15) is 15.5 Å². The lowest BCUT2D eigenvalue weighted by atomic mass is 10.3. The largest absolute Gasteiger partial charge is 0.477 e. The molecule has 0 fully saturated rings. The van der Waals surface area contributed by atoms with E-state index in [1.165, 1.54) is 6.07 Å². The monoisotopic (exact) mass is 249 g/mol. The van der Waals surface area contributed by atoms with Crippen LogP contribution in [-0.2, 0) is 6.42 Å². The van der Waals surface area contributed by atoms with Gasteiger partial charge in [-0.1, -0.05) is 6.07 Å². The van der Waals surface area contributed by atoms with Crippen LogP contribution in [0.5, 0.6) is 0 Å². The van der Waals surface area contributed by atoms with Crippen molar-refractivity contribution in [1.29, 1.82) is 0 Å². The molecule has 88 valence electrons. The van der Waals surface area contributed by atoms with E-state index in [0.29, 0.717) is 12.4 Å². The maximum Gasteiger partial charge on any atom is 0.354 e. The smallest absolute Gasteiger partial charge is 0.354 e. The van der Waals surface area contributed by atoms with E-state index in [1.54, 1.807) is 29.7 Å². The molecule has 6 heteroatoms. The Hall–Kier alpha value is -1.95. The van der Waals surface area contributed by atoms with Gasteiger partial charge in [0.1, 0.15) is 5.82 Å². The Morgan fingerprint density at radius 2 is 2.35 bits per heavy atom. The zero-order chi connectivity index (χ0) is 12.1. The van der Waals surface area contributed by atoms with Crippen LogP contribution in [0, 0.1) is 0 Å². The van der Waals surface area contributed by atoms with Crippen LogP contribution in [0.3, 0.4) is 0 Å². The van der Waals surface area contributed by atoms with Crippen LogP contribution in [0.15, 0.2) is 29.8 Å². The highest BCUT2D eigenvalue weighted by atomic mass is 32.1. The average Bonchev–Trinajstić information content (AvgIpc) is 2.82. The van der Waals surface area contributed by atoms with Crippen molar-refractivity contribution >= 4 is 23.1 Å². The van der Waals surface area contributed by atoms with Gasteiger partial charge in [0.05, 0.1) is 5.01 Å². The Morgan fingerprint density at radius 3 is 3.06 bits per heavy atom. The summed E-state index contributed by atoms with van der Waals surface area (Å²) in [5.41, 5.74) is 0.0456. The molecule has 0 aliphatic carbocycles. The molecule has 0 saturated carbocycles. The molecule has 5 nitrogen and oxygen atoms in total. The van der Waals surface area contributed by atoms with E-state index in [0.717, 1.165) is 11.4 Å². The third-order valence-corrected chi connectivity index (χ3v) is 2.94. The summed E-state index contributed by atoms with van der Waals surface area (Å²) < 4.78 is 0. The number of aromatic carboxylic acids is 1. The van der Waals surface area contributed by atoms with Gasteiger partial charge < -0.3 is 10.4 Å². The van der Waals surface area contributed by atoms with Gasteiger partial charge >= 0.3 is 5.97 Å². The number of hydrogen-bond acceptors (Lipinski definition) is 5. The lowest BCUT2D eigenvalue weighted by Gasteiger charge is -2.04. The van der Waals surface area contributed by atoms with Gasteiger partial charge in [0.2, 0.25) is 0 Å². The number of carboxylic acid groups (broad SMARTS) is 1. The minimum absolute atomic E-state index is 0.0456. The van der Waals surface area contributed by atoms with Crippen LogP contribution in [0.25, 0.3) is 0 Å². The highest BCUT2D eigenvalue weighted by Crippen LogP contribution is 2.07. The summed E-state index contributed by atoms with van der Waals surface area (Å²) in [6.07, 6.45) is 2.57. The van der Waals surface area contributed by atoms with E-state index < -0.39 is 5.97 Å². The molecule has 0 bridgehead atoms. The van der Waals surface area contributed by atoms with Gasteiger partial charge in [-0.2, -0.15) is 0 Å². The Bertz CT molecular complexity index is 499. The molecule has 2 heterocycles. The van der Waals surface area contributed by atoms with Crippen LogP contribution < -0.4 is 5.32 Å². The van der Waals surface area contributed by atoms with E-state index >= 15 is 0 Å². The lowest BCUT2D eigenvalue weighted by molar-refractivity contribution is 0.0690. The highest BCUT2D eigenvalue weighted by Gasteiger charge is 2.04.